The molecule has 0 aliphatic carbocycles. The van der Waals surface area contributed by atoms with Crippen molar-refractivity contribution < 1.29 is 9.53 Å². The summed E-state index contributed by atoms with van der Waals surface area (Å²) in [5.74, 6) is 1.41. The van der Waals surface area contributed by atoms with E-state index in [0.29, 0.717) is 34.3 Å². The fraction of sp³-hybridized carbons (Fsp3) is 0.429. The number of pyridine rings is 1. The summed E-state index contributed by atoms with van der Waals surface area (Å²) in [6.07, 6.45) is 2.49. The third kappa shape index (κ3) is 5.51. The molecule has 1 aromatic carbocycles. The quantitative estimate of drug-likeness (QED) is 0.363. The van der Waals surface area contributed by atoms with E-state index in [4.69, 9.17) is 17.0 Å². The van der Waals surface area contributed by atoms with Gasteiger partial charge in [0.2, 0.25) is 0 Å². The van der Waals surface area contributed by atoms with Gasteiger partial charge in [0.25, 0.3) is 11.5 Å². The molecule has 2 aliphatic heterocycles. The van der Waals surface area contributed by atoms with Crippen molar-refractivity contribution in [3.05, 3.63) is 61.8 Å². The van der Waals surface area contributed by atoms with E-state index >= 15 is 0 Å². The third-order valence-electron chi connectivity index (χ3n) is 7.21. The van der Waals surface area contributed by atoms with Crippen molar-refractivity contribution in [1.82, 2.24) is 14.4 Å². The van der Waals surface area contributed by atoms with Crippen molar-refractivity contribution in [1.29, 1.82) is 5.26 Å². The molecule has 2 aromatic rings. The molecule has 0 unspecified atom stereocenters. The second kappa shape index (κ2) is 12.2. The molecule has 0 atom stereocenters. The molecular formula is C28H33N5O3S2. The van der Waals surface area contributed by atoms with Gasteiger partial charge in [-0.15, -0.1) is 0 Å². The maximum atomic E-state index is 13.5. The van der Waals surface area contributed by atoms with Crippen molar-refractivity contribution in [3.63, 3.8) is 0 Å². The molecule has 0 saturated carbocycles. The Labute approximate surface area is 233 Å². The molecule has 0 radical (unpaired) electrons. The van der Waals surface area contributed by atoms with Crippen LogP contribution >= 0.6 is 24.0 Å². The zero-order valence-electron chi connectivity index (χ0n) is 22.3. The summed E-state index contributed by atoms with van der Waals surface area (Å²) >= 11 is 6.85. The molecule has 200 valence electrons. The lowest BCUT2D eigenvalue weighted by molar-refractivity contribution is -0.122. The summed E-state index contributed by atoms with van der Waals surface area (Å²) in [4.78, 5) is 33.4. The number of aromatic nitrogens is 1. The highest BCUT2D eigenvalue weighted by Crippen LogP contribution is 2.36. The van der Waals surface area contributed by atoms with Gasteiger partial charge in [-0.2, -0.15) is 5.26 Å². The minimum absolute atomic E-state index is 0.115. The first-order chi connectivity index (χ1) is 18.3. The first kappa shape index (κ1) is 27.9. The highest BCUT2D eigenvalue weighted by atomic mass is 32.2. The number of thiocarbonyl (C=S) groups is 1. The van der Waals surface area contributed by atoms with Gasteiger partial charge in [-0.1, -0.05) is 43.0 Å². The fourth-order valence-electron chi connectivity index (χ4n) is 4.91. The number of benzene rings is 1. The Balaban J connectivity index is 1.68. The highest BCUT2D eigenvalue weighted by molar-refractivity contribution is 8.26. The van der Waals surface area contributed by atoms with Gasteiger partial charge in [-0.05, 0) is 56.1 Å². The number of hydrogen-bond donors (Lipinski definition) is 0. The summed E-state index contributed by atoms with van der Waals surface area (Å²) in [5.41, 5.74) is 2.25. The number of nitriles is 1. The Morgan fingerprint density at radius 2 is 1.79 bits per heavy atom. The van der Waals surface area contributed by atoms with Crippen LogP contribution in [0.4, 0.5) is 5.82 Å². The van der Waals surface area contributed by atoms with Crippen LogP contribution in [0, 0.1) is 18.3 Å². The number of amides is 1. The molecule has 2 saturated heterocycles. The van der Waals surface area contributed by atoms with Gasteiger partial charge in [0.15, 0.2) is 0 Å². The predicted molar refractivity (Wildman–Crippen MR) is 157 cm³/mol. The molecule has 1 aromatic heterocycles. The Kier molecular flexibility index (Phi) is 8.92. The Morgan fingerprint density at radius 3 is 2.37 bits per heavy atom. The van der Waals surface area contributed by atoms with Crippen LogP contribution in [0.2, 0.25) is 0 Å². The highest BCUT2D eigenvalue weighted by Gasteiger charge is 2.33. The topological polar surface area (TPSA) is 81.8 Å². The zero-order valence-corrected chi connectivity index (χ0v) is 24.0. The normalized spacial score (nSPS) is 17.4. The van der Waals surface area contributed by atoms with E-state index in [1.165, 1.54) is 11.8 Å². The first-order valence-electron chi connectivity index (χ1n) is 12.9. The van der Waals surface area contributed by atoms with Gasteiger partial charge in [-0.3, -0.25) is 19.1 Å². The van der Waals surface area contributed by atoms with E-state index in [1.807, 2.05) is 37.3 Å². The largest absolute Gasteiger partial charge is 0.497 e. The number of rotatable bonds is 8. The first-order valence-corrected chi connectivity index (χ1v) is 14.1. The van der Waals surface area contributed by atoms with E-state index in [-0.39, 0.29) is 17.0 Å². The minimum Gasteiger partial charge on any atom is -0.497 e. The fourth-order valence-corrected chi connectivity index (χ4v) is 6.20. The Bertz CT molecular complexity index is 1350. The molecule has 2 fully saturated rings. The summed E-state index contributed by atoms with van der Waals surface area (Å²) < 4.78 is 7.40. The van der Waals surface area contributed by atoms with E-state index in [0.717, 1.165) is 55.4 Å². The maximum Gasteiger partial charge on any atom is 0.270 e. The van der Waals surface area contributed by atoms with Crippen molar-refractivity contribution >= 4 is 46.1 Å². The van der Waals surface area contributed by atoms with Crippen molar-refractivity contribution in [2.45, 2.75) is 33.7 Å². The second-order valence-corrected chi connectivity index (χ2v) is 10.9. The number of carbonyl (C=O) groups excluding carboxylic acids is 1. The average Bonchev–Trinajstić information content (AvgIpc) is 3.20. The summed E-state index contributed by atoms with van der Waals surface area (Å²) in [5, 5.41) is 9.81. The minimum atomic E-state index is -0.287. The summed E-state index contributed by atoms with van der Waals surface area (Å²) in [7, 11) is 1.63. The van der Waals surface area contributed by atoms with E-state index in [9.17, 15) is 14.9 Å². The van der Waals surface area contributed by atoms with Crippen LogP contribution in [0.3, 0.4) is 0 Å². The third-order valence-corrected chi connectivity index (χ3v) is 8.59. The molecule has 1 amide bonds. The predicted octanol–water partition coefficient (Wildman–Crippen LogP) is 3.64. The second-order valence-electron chi connectivity index (χ2n) is 9.25. The van der Waals surface area contributed by atoms with Crippen LogP contribution in [0.5, 0.6) is 5.75 Å². The van der Waals surface area contributed by atoms with Gasteiger partial charge < -0.3 is 14.5 Å². The zero-order chi connectivity index (χ0) is 27.4. The van der Waals surface area contributed by atoms with Crippen LogP contribution in [-0.4, -0.2) is 71.0 Å². The number of carbonyl (C=O) groups is 1. The molecule has 0 N–H and O–H groups in total. The number of likely N-dealkylation sites (N-methyl/N-ethyl adjacent to an activating group) is 1. The van der Waals surface area contributed by atoms with Crippen molar-refractivity contribution in [2.75, 3.05) is 51.3 Å². The SMILES string of the molecule is CCN1CCN(c2c(C=C3SC(=S)N(CCc4ccc(OC)cc4)C3=O)c(C)c(C#N)c(=O)n2CC)CC1. The number of piperazine rings is 1. The lowest BCUT2D eigenvalue weighted by Gasteiger charge is -2.37. The molecule has 10 heteroatoms. The number of nitrogens with zero attached hydrogens (tertiary/aromatic N) is 5. The van der Waals surface area contributed by atoms with Crippen LogP contribution in [0.25, 0.3) is 6.08 Å². The van der Waals surface area contributed by atoms with Crippen LogP contribution in [-0.2, 0) is 17.8 Å². The van der Waals surface area contributed by atoms with Gasteiger partial charge in [0, 0.05) is 44.8 Å². The van der Waals surface area contributed by atoms with E-state index in [1.54, 1.807) is 23.5 Å². The van der Waals surface area contributed by atoms with E-state index in [2.05, 4.69) is 22.8 Å². The number of hydrogen-bond acceptors (Lipinski definition) is 8. The summed E-state index contributed by atoms with van der Waals surface area (Å²) in [6.45, 7) is 11.0. The van der Waals surface area contributed by atoms with Gasteiger partial charge in [0.05, 0.1) is 12.0 Å². The Hall–Kier alpha value is -3.13. The lowest BCUT2D eigenvalue weighted by Crippen LogP contribution is -2.48. The van der Waals surface area contributed by atoms with Crippen LogP contribution in [0.15, 0.2) is 34.0 Å². The number of ether oxygens (including phenoxy) is 1. The Morgan fingerprint density at radius 1 is 1.11 bits per heavy atom. The van der Waals surface area contributed by atoms with Crippen LogP contribution in [0.1, 0.15) is 36.1 Å². The maximum absolute atomic E-state index is 13.5. The monoisotopic (exact) mass is 551 g/mol. The van der Waals surface area contributed by atoms with Gasteiger partial charge in [0.1, 0.15) is 27.5 Å². The molecule has 38 heavy (non-hydrogen) atoms. The molecule has 8 nitrogen and oxygen atoms in total. The molecule has 4 rings (SSSR count). The smallest absolute Gasteiger partial charge is 0.270 e. The molecule has 3 heterocycles. The standard InChI is InChI=1S/C28H33N5O3S2/c1-5-30-13-15-31(16-14-30)25-22(19(3)23(18-29)26(34)32(25)6-2)17-24-27(35)33(28(37)38-24)12-11-20-7-9-21(36-4)10-8-20/h7-10,17H,5-6,11-16H2,1-4H3. The molecule has 0 spiro atoms. The number of anilines is 1. The number of thioether (sulfide) groups is 1. The molecular weight excluding hydrogens is 518 g/mol. The molecule has 0 bridgehead atoms. The average molecular weight is 552 g/mol. The number of methoxy groups -OCH3 is 1. The van der Waals surface area contributed by atoms with Gasteiger partial charge >= 0.3 is 0 Å². The van der Waals surface area contributed by atoms with Crippen LogP contribution < -0.4 is 15.2 Å². The van der Waals surface area contributed by atoms with Gasteiger partial charge in [-0.25, -0.2) is 0 Å². The molecule has 2 aliphatic rings. The van der Waals surface area contributed by atoms with Crippen molar-refractivity contribution in [3.8, 4) is 11.8 Å². The lowest BCUT2D eigenvalue weighted by atomic mass is 10.0. The van der Waals surface area contributed by atoms with E-state index < -0.39 is 0 Å². The summed E-state index contributed by atoms with van der Waals surface area (Å²) in [6, 6.07) is 9.87. The van der Waals surface area contributed by atoms with Crippen molar-refractivity contribution in [2.24, 2.45) is 0 Å².